The zero-order valence-corrected chi connectivity index (χ0v) is 12.6. The Labute approximate surface area is 126 Å². The second kappa shape index (κ2) is 6.48. The number of ether oxygens (including phenoxy) is 2. The lowest BCUT2D eigenvalue weighted by Crippen LogP contribution is -2.41. The summed E-state index contributed by atoms with van der Waals surface area (Å²) in [5, 5.41) is 0. The highest BCUT2D eigenvalue weighted by molar-refractivity contribution is 5.72. The SMILES string of the molecule is CCOC(=O)[C@H]1CCCN(CC2COc3ccccc32)C1. The molecule has 0 spiro atoms. The van der Waals surface area contributed by atoms with E-state index in [1.54, 1.807) is 0 Å². The third-order valence-corrected chi connectivity index (χ3v) is 4.40. The molecule has 0 amide bonds. The van der Waals surface area contributed by atoms with Gasteiger partial charge in [0.1, 0.15) is 5.75 Å². The largest absolute Gasteiger partial charge is 0.493 e. The molecule has 114 valence electrons. The average Bonchev–Trinajstić information content (AvgIpc) is 2.91. The minimum absolute atomic E-state index is 0.0368. The molecule has 0 bridgehead atoms. The van der Waals surface area contributed by atoms with Crippen LogP contribution in [0.2, 0.25) is 0 Å². The Balaban J connectivity index is 1.60. The maximum Gasteiger partial charge on any atom is 0.310 e. The standard InChI is InChI=1S/C17H23NO3/c1-2-20-17(19)13-6-5-9-18(10-13)11-14-12-21-16-8-4-3-7-15(14)16/h3-4,7-8,13-14H,2,5-6,9-12H2,1H3/t13-,14?/m0/s1. The topological polar surface area (TPSA) is 38.8 Å². The highest BCUT2D eigenvalue weighted by Crippen LogP contribution is 2.34. The molecule has 2 aliphatic rings. The first-order chi connectivity index (χ1) is 10.3. The van der Waals surface area contributed by atoms with Crippen molar-refractivity contribution in [2.45, 2.75) is 25.7 Å². The summed E-state index contributed by atoms with van der Waals surface area (Å²) >= 11 is 0. The average molecular weight is 289 g/mol. The molecule has 1 saturated heterocycles. The van der Waals surface area contributed by atoms with Gasteiger partial charge in [0, 0.05) is 24.6 Å². The third kappa shape index (κ3) is 3.21. The van der Waals surface area contributed by atoms with Gasteiger partial charge in [-0.05, 0) is 32.4 Å². The lowest BCUT2D eigenvalue weighted by molar-refractivity contribution is -0.149. The molecule has 4 nitrogen and oxygen atoms in total. The fourth-order valence-corrected chi connectivity index (χ4v) is 3.37. The van der Waals surface area contributed by atoms with Gasteiger partial charge in [-0.3, -0.25) is 4.79 Å². The summed E-state index contributed by atoms with van der Waals surface area (Å²) < 4.78 is 10.9. The van der Waals surface area contributed by atoms with E-state index in [0.29, 0.717) is 12.5 Å². The van der Waals surface area contributed by atoms with Crippen LogP contribution in [0.25, 0.3) is 0 Å². The van der Waals surface area contributed by atoms with Crippen LogP contribution < -0.4 is 4.74 Å². The number of fused-ring (bicyclic) bond motifs is 1. The van der Waals surface area contributed by atoms with Crippen LogP contribution >= 0.6 is 0 Å². The predicted molar refractivity (Wildman–Crippen MR) is 80.5 cm³/mol. The number of likely N-dealkylation sites (tertiary alicyclic amines) is 1. The van der Waals surface area contributed by atoms with Crippen LogP contribution in [0.1, 0.15) is 31.2 Å². The summed E-state index contributed by atoms with van der Waals surface area (Å²) in [5.41, 5.74) is 1.30. The van der Waals surface area contributed by atoms with Crippen molar-refractivity contribution in [3.8, 4) is 5.75 Å². The second-order valence-corrected chi connectivity index (χ2v) is 5.90. The minimum atomic E-state index is -0.0368. The van der Waals surface area contributed by atoms with E-state index in [4.69, 9.17) is 9.47 Å². The summed E-state index contributed by atoms with van der Waals surface area (Å²) in [6.45, 7) is 5.93. The van der Waals surface area contributed by atoms with Crippen molar-refractivity contribution >= 4 is 5.97 Å². The van der Waals surface area contributed by atoms with Crippen molar-refractivity contribution in [1.29, 1.82) is 0 Å². The zero-order valence-electron chi connectivity index (χ0n) is 12.6. The van der Waals surface area contributed by atoms with Crippen molar-refractivity contribution < 1.29 is 14.3 Å². The summed E-state index contributed by atoms with van der Waals surface area (Å²) in [5.74, 6) is 1.44. The molecule has 2 heterocycles. The van der Waals surface area contributed by atoms with E-state index in [1.165, 1.54) is 5.56 Å². The monoisotopic (exact) mass is 289 g/mol. The summed E-state index contributed by atoms with van der Waals surface area (Å²) in [4.78, 5) is 14.3. The van der Waals surface area contributed by atoms with Gasteiger partial charge in [-0.1, -0.05) is 18.2 Å². The molecule has 0 aromatic heterocycles. The van der Waals surface area contributed by atoms with Gasteiger partial charge in [0.15, 0.2) is 0 Å². The van der Waals surface area contributed by atoms with Crippen molar-refractivity contribution in [2.75, 3.05) is 32.8 Å². The number of hydrogen-bond acceptors (Lipinski definition) is 4. The predicted octanol–water partition coefficient (Wildman–Crippen LogP) is 2.44. The fraction of sp³-hybridized carbons (Fsp3) is 0.588. The number of hydrogen-bond donors (Lipinski definition) is 0. The number of carbonyl (C=O) groups excluding carboxylic acids is 1. The molecule has 0 N–H and O–H groups in total. The maximum atomic E-state index is 11.9. The number of nitrogens with zero attached hydrogens (tertiary/aromatic N) is 1. The highest BCUT2D eigenvalue weighted by Gasteiger charge is 2.31. The molecule has 1 unspecified atom stereocenters. The first kappa shape index (κ1) is 14.4. The van der Waals surface area contributed by atoms with Gasteiger partial charge in [-0.2, -0.15) is 0 Å². The lowest BCUT2D eigenvalue weighted by atomic mass is 9.95. The number of para-hydroxylation sites is 1. The Bertz CT molecular complexity index is 503. The molecule has 2 aliphatic heterocycles. The van der Waals surface area contributed by atoms with E-state index in [0.717, 1.165) is 44.8 Å². The molecule has 1 aromatic carbocycles. The van der Waals surface area contributed by atoms with Crippen molar-refractivity contribution in [3.63, 3.8) is 0 Å². The van der Waals surface area contributed by atoms with Gasteiger partial charge in [-0.15, -0.1) is 0 Å². The second-order valence-electron chi connectivity index (χ2n) is 5.90. The molecule has 0 aliphatic carbocycles. The Morgan fingerprint density at radius 3 is 3.14 bits per heavy atom. The van der Waals surface area contributed by atoms with Crippen LogP contribution in [0.15, 0.2) is 24.3 Å². The van der Waals surface area contributed by atoms with Crippen molar-refractivity contribution in [2.24, 2.45) is 5.92 Å². The first-order valence-corrected chi connectivity index (χ1v) is 7.88. The van der Waals surface area contributed by atoms with E-state index in [1.807, 2.05) is 19.1 Å². The molecule has 3 rings (SSSR count). The smallest absolute Gasteiger partial charge is 0.310 e. The molecular weight excluding hydrogens is 266 g/mol. The third-order valence-electron chi connectivity index (χ3n) is 4.40. The van der Waals surface area contributed by atoms with Gasteiger partial charge in [0.05, 0.1) is 19.1 Å². The van der Waals surface area contributed by atoms with E-state index in [-0.39, 0.29) is 11.9 Å². The first-order valence-electron chi connectivity index (χ1n) is 7.88. The summed E-state index contributed by atoms with van der Waals surface area (Å²) in [6.07, 6.45) is 2.02. The minimum Gasteiger partial charge on any atom is -0.493 e. The number of esters is 1. The molecule has 2 atom stereocenters. The van der Waals surface area contributed by atoms with E-state index < -0.39 is 0 Å². The quantitative estimate of drug-likeness (QED) is 0.798. The van der Waals surface area contributed by atoms with Crippen LogP contribution in [0.4, 0.5) is 0 Å². The molecule has 0 radical (unpaired) electrons. The number of benzene rings is 1. The van der Waals surface area contributed by atoms with Crippen LogP contribution in [-0.4, -0.2) is 43.7 Å². The molecule has 4 heteroatoms. The van der Waals surface area contributed by atoms with E-state index >= 15 is 0 Å². The molecule has 21 heavy (non-hydrogen) atoms. The van der Waals surface area contributed by atoms with Crippen LogP contribution in [0.5, 0.6) is 5.75 Å². The van der Waals surface area contributed by atoms with Crippen LogP contribution in [-0.2, 0) is 9.53 Å². The van der Waals surface area contributed by atoms with Gasteiger partial charge in [0.25, 0.3) is 0 Å². The summed E-state index contributed by atoms with van der Waals surface area (Å²) in [6, 6.07) is 8.27. The van der Waals surface area contributed by atoms with Crippen molar-refractivity contribution in [1.82, 2.24) is 4.90 Å². The fourth-order valence-electron chi connectivity index (χ4n) is 3.37. The molecular formula is C17H23NO3. The number of piperidine rings is 1. The Morgan fingerprint density at radius 1 is 1.43 bits per heavy atom. The normalized spacial score (nSPS) is 25.2. The van der Waals surface area contributed by atoms with Crippen LogP contribution in [0, 0.1) is 5.92 Å². The Morgan fingerprint density at radius 2 is 2.29 bits per heavy atom. The number of carbonyl (C=O) groups is 1. The lowest BCUT2D eigenvalue weighted by Gasteiger charge is -2.32. The van der Waals surface area contributed by atoms with Gasteiger partial charge < -0.3 is 14.4 Å². The van der Waals surface area contributed by atoms with Gasteiger partial charge in [0.2, 0.25) is 0 Å². The van der Waals surface area contributed by atoms with Crippen LogP contribution in [0.3, 0.4) is 0 Å². The molecule has 1 fully saturated rings. The summed E-state index contributed by atoms with van der Waals surface area (Å²) in [7, 11) is 0. The van der Waals surface area contributed by atoms with Gasteiger partial charge >= 0.3 is 5.97 Å². The highest BCUT2D eigenvalue weighted by atomic mass is 16.5. The zero-order chi connectivity index (χ0) is 14.7. The Hall–Kier alpha value is -1.55. The maximum absolute atomic E-state index is 11.9. The number of rotatable bonds is 4. The van der Waals surface area contributed by atoms with E-state index in [9.17, 15) is 4.79 Å². The van der Waals surface area contributed by atoms with E-state index in [2.05, 4.69) is 17.0 Å². The van der Waals surface area contributed by atoms with Gasteiger partial charge in [-0.25, -0.2) is 0 Å². The van der Waals surface area contributed by atoms with Crippen molar-refractivity contribution in [3.05, 3.63) is 29.8 Å². The Kier molecular flexibility index (Phi) is 4.44. The molecule has 0 saturated carbocycles. The molecule has 1 aromatic rings.